The molecule has 1 N–H and O–H groups in total. The van der Waals surface area contributed by atoms with Crippen molar-refractivity contribution in [3.05, 3.63) is 47.9 Å². The minimum atomic E-state index is 0.416. The molecule has 0 amide bonds. The molecular formula is C14H16N2O2. The number of benzene rings is 1. The Bertz CT molecular complexity index is 492. The lowest BCUT2D eigenvalue weighted by atomic mass is 10.2. The van der Waals surface area contributed by atoms with E-state index in [9.17, 15) is 0 Å². The van der Waals surface area contributed by atoms with Gasteiger partial charge in [-0.15, -0.1) is 0 Å². The number of ether oxygens (including phenoxy) is 1. The van der Waals surface area contributed by atoms with Crippen LogP contribution >= 0.6 is 0 Å². The van der Waals surface area contributed by atoms with Crippen LogP contribution < -0.4 is 10.1 Å². The molecule has 0 aliphatic heterocycles. The molecule has 0 atom stereocenters. The molecule has 1 aliphatic rings. The molecule has 3 rings (SSSR count). The molecule has 94 valence electrons. The van der Waals surface area contributed by atoms with Crippen LogP contribution in [0.1, 0.15) is 24.2 Å². The van der Waals surface area contributed by atoms with Crippen LogP contribution in [0.2, 0.25) is 0 Å². The highest BCUT2D eigenvalue weighted by Crippen LogP contribution is 2.20. The molecule has 1 aliphatic carbocycles. The average molecular weight is 244 g/mol. The highest BCUT2D eigenvalue weighted by Gasteiger charge is 2.19. The van der Waals surface area contributed by atoms with Crippen molar-refractivity contribution in [3.8, 4) is 5.75 Å². The van der Waals surface area contributed by atoms with Gasteiger partial charge < -0.3 is 14.6 Å². The number of hydrogen-bond donors (Lipinski definition) is 1. The second-order valence-corrected chi connectivity index (χ2v) is 4.57. The molecule has 0 saturated heterocycles. The van der Waals surface area contributed by atoms with Gasteiger partial charge in [-0.3, -0.25) is 0 Å². The summed E-state index contributed by atoms with van der Waals surface area (Å²) in [7, 11) is 0. The number of rotatable bonds is 6. The lowest BCUT2D eigenvalue weighted by Crippen LogP contribution is -2.15. The van der Waals surface area contributed by atoms with Crippen molar-refractivity contribution < 1.29 is 9.26 Å². The number of nitrogens with one attached hydrogen (secondary N) is 1. The van der Waals surface area contributed by atoms with E-state index in [-0.39, 0.29) is 0 Å². The first-order chi connectivity index (χ1) is 8.90. The maximum Gasteiger partial charge on any atom is 0.174 e. The molecule has 0 unspecified atom stereocenters. The van der Waals surface area contributed by atoms with E-state index in [2.05, 4.69) is 22.6 Å². The quantitative estimate of drug-likeness (QED) is 0.848. The Kier molecular flexibility index (Phi) is 3.28. The van der Waals surface area contributed by atoms with E-state index >= 15 is 0 Å². The van der Waals surface area contributed by atoms with Crippen LogP contribution in [0, 0.1) is 0 Å². The van der Waals surface area contributed by atoms with Gasteiger partial charge in [-0.25, -0.2) is 0 Å². The Morgan fingerprint density at radius 1 is 1.33 bits per heavy atom. The van der Waals surface area contributed by atoms with Gasteiger partial charge in [0.15, 0.2) is 5.76 Å². The largest absolute Gasteiger partial charge is 0.486 e. The van der Waals surface area contributed by atoms with E-state index in [1.807, 2.05) is 12.1 Å². The molecular weight excluding hydrogens is 228 g/mol. The fourth-order valence-electron chi connectivity index (χ4n) is 1.77. The Hall–Kier alpha value is -1.81. The van der Waals surface area contributed by atoms with E-state index in [4.69, 9.17) is 9.26 Å². The molecule has 1 fully saturated rings. The minimum absolute atomic E-state index is 0.416. The maximum absolute atomic E-state index is 5.65. The third-order valence-electron chi connectivity index (χ3n) is 2.94. The van der Waals surface area contributed by atoms with Crippen molar-refractivity contribution in [1.29, 1.82) is 0 Å². The zero-order valence-electron chi connectivity index (χ0n) is 10.1. The Morgan fingerprint density at radius 3 is 3.06 bits per heavy atom. The Morgan fingerprint density at radius 2 is 2.28 bits per heavy atom. The predicted octanol–water partition coefficient (Wildman–Crippen LogP) is 2.51. The Balaban J connectivity index is 1.55. The standard InChI is InChI=1S/C14H16N2O2/c1-2-11(9-15-12-4-5-12)8-13(3-1)17-10-14-6-7-16-18-14/h1-3,6-8,12,15H,4-5,9-10H2. The van der Waals surface area contributed by atoms with Gasteiger partial charge in [0.1, 0.15) is 12.4 Å². The average Bonchev–Trinajstić information content (AvgIpc) is 3.09. The lowest BCUT2D eigenvalue weighted by molar-refractivity contribution is 0.249. The summed E-state index contributed by atoms with van der Waals surface area (Å²) in [5.41, 5.74) is 1.25. The molecule has 1 aromatic heterocycles. The summed E-state index contributed by atoms with van der Waals surface area (Å²) in [6.07, 6.45) is 4.23. The maximum atomic E-state index is 5.65. The van der Waals surface area contributed by atoms with Crippen LogP contribution in [0.25, 0.3) is 0 Å². The molecule has 1 heterocycles. The summed E-state index contributed by atoms with van der Waals surface area (Å²) in [4.78, 5) is 0. The molecule has 0 radical (unpaired) electrons. The van der Waals surface area contributed by atoms with Gasteiger partial charge in [-0.05, 0) is 30.5 Å². The van der Waals surface area contributed by atoms with Gasteiger partial charge in [0, 0.05) is 18.7 Å². The van der Waals surface area contributed by atoms with Crippen molar-refractivity contribution in [3.63, 3.8) is 0 Å². The van der Waals surface area contributed by atoms with E-state index in [0.29, 0.717) is 6.61 Å². The van der Waals surface area contributed by atoms with Gasteiger partial charge >= 0.3 is 0 Å². The van der Waals surface area contributed by atoms with Crippen molar-refractivity contribution in [2.75, 3.05) is 0 Å². The molecule has 18 heavy (non-hydrogen) atoms. The fraction of sp³-hybridized carbons (Fsp3) is 0.357. The highest BCUT2D eigenvalue weighted by atomic mass is 16.5. The third kappa shape index (κ3) is 3.11. The van der Waals surface area contributed by atoms with E-state index in [1.54, 1.807) is 12.3 Å². The number of nitrogens with zero attached hydrogens (tertiary/aromatic N) is 1. The summed E-state index contributed by atoms with van der Waals surface area (Å²) in [5, 5.41) is 7.13. The van der Waals surface area contributed by atoms with Gasteiger partial charge in [-0.2, -0.15) is 0 Å². The van der Waals surface area contributed by atoms with Crippen LogP contribution in [0.15, 0.2) is 41.1 Å². The Labute approximate surface area is 106 Å². The fourth-order valence-corrected chi connectivity index (χ4v) is 1.77. The van der Waals surface area contributed by atoms with Gasteiger partial charge in [0.05, 0.1) is 6.20 Å². The zero-order valence-corrected chi connectivity index (χ0v) is 10.1. The second kappa shape index (κ2) is 5.23. The normalized spacial score (nSPS) is 14.7. The zero-order chi connectivity index (χ0) is 12.2. The minimum Gasteiger partial charge on any atom is -0.486 e. The van der Waals surface area contributed by atoms with Crippen molar-refractivity contribution in [1.82, 2.24) is 10.5 Å². The van der Waals surface area contributed by atoms with Crippen molar-refractivity contribution in [2.45, 2.75) is 32.0 Å². The van der Waals surface area contributed by atoms with Gasteiger partial charge in [0.25, 0.3) is 0 Å². The third-order valence-corrected chi connectivity index (χ3v) is 2.94. The summed E-state index contributed by atoms with van der Waals surface area (Å²) in [6.45, 7) is 1.32. The number of aromatic nitrogens is 1. The van der Waals surface area contributed by atoms with Crippen molar-refractivity contribution in [2.24, 2.45) is 0 Å². The molecule has 2 aromatic rings. The molecule has 0 spiro atoms. The van der Waals surface area contributed by atoms with Crippen LogP contribution in [0.4, 0.5) is 0 Å². The second-order valence-electron chi connectivity index (χ2n) is 4.57. The smallest absolute Gasteiger partial charge is 0.174 e. The summed E-state index contributed by atoms with van der Waals surface area (Å²) in [5.74, 6) is 1.60. The van der Waals surface area contributed by atoms with E-state index in [1.165, 1.54) is 18.4 Å². The highest BCUT2D eigenvalue weighted by molar-refractivity contribution is 5.28. The van der Waals surface area contributed by atoms with Crippen LogP contribution in [0.5, 0.6) is 5.75 Å². The van der Waals surface area contributed by atoms with Crippen LogP contribution in [0.3, 0.4) is 0 Å². The molecule has 0 bridgehead atoms. The first kappa shape index (κ1) is 11.3. The first-order valence-corrected chi connectivity index (χ1v) is 6.25. The van der Waals surface area contributed by atoms with Crippen LogP contribution in [-0.4, -0.2) is 11.2 Å². The first-order valence-electron chi connectivity index (χ1n) is 6.25. The molecule has 1 saturated carbocycles. The summed E-state index contributed by atoms with van der Waals surface area (Å²) >= 11 is 0. The summed E-state index contributed by atoms with van der Waals surface area (Å²) in [6, 6.07) is 10.7. The molecule has 1 aromatic carbocycles. The van der Waals surface area contributed by atoms with Crippen molar-refractivity contribution >= 4 is 0 Å². The van der Waals surface area contributed by atoms with E-state index < -0.39 is 0 Å². The predicted molar refractivity (Wildman–Crippen MR) is 67.1 cm³/mol. The van der Waals surface area contributed by atoms with Gasteiger partial charge in [-0.1, -0.05) is 17.3 Å². The topological polar surface area (TPSA) is 47.3 Å². The monoisotopic (exact) mass is 244 g/mol. The van der Waals surface area contributed by atoms with Crippen LogP contribution in [-0.2, 0) is 13.2 Å². The molecule has 4 nitrogen and oxygen atoms in total. The lowest BCUT2D eigenvalue weighted by Gasteiger charge is -2.07. The van der Waals surface area contributed by atoms with E-state index in [0.717, 1.165) is 24.1 Å². The summed E-state index contributed by atoms with van der Waals surface area (Å²) < 4.78 is 10.6. The van der Waals surface area contributed by atoms with Gasteiger partial charge in [0.2, 0.25) is 0 Å². The molecule has 4 heteroatoms. The SMILES string of the molecule is c1cc(CNC2CC2)cc(OCc2ccno2)c1. The number of hydrogen-bond acceptors (Lipinski definition) is 4.